The molecule has 0 atom stereocenters. The quantitative estimate of drug-likeness (QED) is 0.763. The minimum absolute atomic E-state index is 0.669. The fourth-order valence-corrected chi connectivity index (χ4v) is 2.25. The van der Waals surface area contributed by atoms with Crippen LogP contribution in [0.5, 0.6) is 0 Å². The van der Waals surface area contributed by atoms with E-state index in [4.69, 9.17) is 0 Å². The standard InChI is InChI=1S/C16H20N2O/c1-4-5-8-18-10-14(11-19)16(17-18)15-7-6-12(2)9-13(15)3/h6-7,9-11H,4-5,8H2,1-3H3. The maximum absolute atomic E-state index is 11.2. The smallest absolute Gasteiger partial charge is 0.153 e. The fraction of sp³-hybridized carbons (Fsp3) is 0.375. The number of hydrogen-bond donors (Lipinski definition) is 0. The van der Waals surface area contributed by atoms with Crippen molar-refractivity contribution in [2.75, 3.05) is 0 Å². The normalized spacial score (nSPS) is 10.7. The molecule has 100 valence electrons. The van der Waals surface area contributed by atoms with Crippen molar-refractivity contribution in [3.05, 3.63) is 41.1 Å². The van der Waals surface area contributed by atoms with Gasteiger partial charge in [-0.2, -0.15) is 5.10 Å². The summed E-state index contributed by atoms with van der Waals surface area (Å²) in [6, 6.07) is 6.22. The van der Waals surface area contributed by atoms with Gasteiger partial charge in [-0.15, -0.1) is 0 Å². The first-order valence-electron chi connectivity index (χ1n) is 6.76. The first-order valence-corrected chi connectivity index (χ1v) is 6.76. The van der Waals surface area contributed by atoms with E-state index in [2.05, 4.69) is 38.0 Å². The van der Waals surface area contributed by atoms with Crippen molar-refractivity contribution in [3.8, 4) is 11.3 Å². The van der Waals surface area contributed by atoms with E-state index >= 15 is 0 Å². The predicted molar refractivity (Wildman–Crippen MR) is 77.4 cm³/mol. The molecule has 0 fully saturated rings. The first-order chi connectivity index (χ1) is 9.15. The highest BCUT2D eigenvalue weighted by Crippen LogP contribution is 2.25. The monoisotopic (exact) mass is 256 g/mol. The van der Waals surface area contributed by atoms with E-state index in [0.29, 0.717) is 5.56 Å². The molecule has 0 saturated heterocycles. The Labute approximate surface area is 114 Å². The van der Waals surface area contributed by atoms with Crippen LogP contribution in [-0.2, 0) is 6.54 Å². The summed E-state index contributed by atoms with van der Waals surface area (Å²) in [5.74, 6) is 0. The van der Waals surface area contributed by atoms with E-state index in [1.54, 1.807) is 0 Å². The molecule has 2 rings (SSSR count). The number of hydrogen-bond acceptors (Lipinski definition) is 2. The van der Waals surface area contributed by atoms with Crippen LogP contribution in [0.25, 0.3) is 11.3 Å². The van der Waals surface area contributed by atoms with Crippen LogP contribution >= 0.6 is 0 Å². The molecule has 3 nitrogen and oxygen atoms in total. The molecule has 0 saturated carbocycles. The van der Waals surface area contributed by atoms with E-state index in [1.165, 1.54) is 5.56 Å². The Morgan fingerprint density at radius 1 is 1.32 bits per heavy atom. The summed E-state index contributed by atoms with van der Waals surface area (Å²) in [7, 11) is 0. The molecule has 0 aliphatic carbocycles. The number of rotatable bonds is 5. The van der Waals surface area contributed by atoms with Crippen molar-refractivity contribution in [2.45, 2.75) is 40.2 Å². The highest BCUT2D eigenvalue weighted by molar-refractivity contribution is 5.86. The average Bonchev–Trinajstić information content (AvgIpc) is 2.79. The second-order valence-corrected chi connectivity index (χ2v) is 4.99. The van der Waals surface area contributed by atoms with Crippen molar-refractivity contribution in [1.29, 1.82) is 0 Å². The van der Waals surface area contributed by atoms with Crippen LogP contribution in [0.15, 0.2) is 24.4 Å². The number of carbonyl (C=O) groups excluding carboxylic acids is 1. The lowest BCUT2D eigenvalue weighted by Crippen LogP contribution is -1.98. The zero-order valence-corrected chi connectivity index (χ0v) is 11.8. The molecular formula is C16H20N2O. The third-order valence-corrected chi connectivity index (χ3v) is 3.29. The lowest BCUT2D eigenvalue weighted by Gasteiger charge is -2.05. The van der Waals surface area contributed by atoms with Crippen LogP contribution in [0.2, 0.25) is 0 Å². The Morgan fingerprint density at radius 3 is 2.74 bits per heavy atom. The van der Waals surface area contributed by atoms with Crippen molar-refractivity contribution >= 4 is 6.29 Å². The summed E-state index contributed by atoms with van der Waals surface area (Å²) < 4.78 is 1.88. The molecular weight excluding hydrogens is 236 g/mol. The summed E-state index contributed by atoms with van der Waals surface area (Å²) in [5.41, 5.74) is 4.89. The molecule has 0 amide bonds. The first kappa shape index (κ1) is 13.5. The van der Waals surface area contributed by atoms with Gasteiger partial charge in [0, 0.05) is 18.3 Å². The van der Waals surface area contributed by atoms with E-state index < -0.39 is 0 Å². The largest absolute Gasteiger partial charge is 0.298 e. The van der Waals surface area contributed by atoms with Gasteiger partial charge in [-0.25, -0.2) is 0 Å². The predicted octanol–water partition coefficient (Wildman–Crippen LogP) is 3.78. The molecule has 0 spiro atoms. The second-order valence-electron chi connectivity index (χ2n) is 4.99. The molecule has 1 aromatic carbocycles. The van der Waals surface area contributed by atoms with E-state index in [9.17, 15) is 4.79 Å². The summed E-state index contributed by atoms with van der Waals surface area (Å²) in [4.78, 5) is 11.2. The van der Waals surface area contributed by atoms with Gasteiger partial charge < -0.3 is 0 Å². The number of aldehydes is 1. The molecule has 3 heteroatoms. The number of nitrogens with zero attached hydrogens (tertiary/aromatic N) is 2. The molecule has 19 heavy (non-hydrogen) atoms. The molecule has 0 unspecified atom stereocenters. The van der Waals surface area contributed by atoms with Crippen LogP contribution in [0.1, 0.15) is 41.3 Å². The van der Waals surface area contributed by atoms with Gasteiger partial charge in [0.1, 0.15) is 5.69 Å². The minimum atomic E-state index is 0.669. The van der Waals surface area contributed by atoms with E-state index in [-0.39, 0.29) is 0 Å². The number of carbonyl (C=O) groups is 1. The van der Waals surface area contributed by atoms with Gasteiger partial charge in [0.15, 0.2) is 6.29 Å². The SMILES string of the molecule is CCCCn1cc(C=O)c(-c2ccc(C)cc2C)n1. The van der Waals surface area contributed by atoms with Crippen molar-refractivity contribution in [1.82, 2.24) is 9.78 Å². The molecule has 0 aliphatic rings. The number of aryl methyl sites for hydroxylation is 3. The summed E-state index contributed by atoms with van der Waals surface area (Å²) in [6.45, 7) is 7.14. The summed E-state index contributed by atoms with van der Waals surface area (Å²) >= 11 is 0. The van der Waals surface area contributed by atoms with E-state index in [0.717, 1.165) is 42.5 Å². The zero-order valence-electron chi connectivity index (χ0n) is 11.8. The Kier molecular flexibility index (Phi) is 4.15. The summed E-state index contributed by atoms with van der Waals surface area (Å²) in [5, 5.41) is 4.56. The Morgan fingerprint density at radius 2 is 2.11 bits per heavy atom. The number of benzene rings is 1. The van der Waals surface area contributed by atoms with Crippen LogP contribution in [0, 0.1) is 13.8 Å². The highest BCUT2D eigenvalue weighted by Gasteiger charge is 2.12. The zero-order chi connectivity index (χ0) is 13.8. The third-order valence-electron chi connectivity index (χ3n) is 3.29. The van der Waals surface area contributed by atoms with Gasteiger partial charge in [-0.3, -0.25) is 9.48 Å². The molecule has 1 heterocycles. The van der Waals surface area contributed by atoms with Gasteiger partial charge in [0.25, 0.3) is 0 Å². The van der Waals surface area contributed by atoms with Gasteiger partial charge in [-0.1, -0.05) is 37.1 Å². The molecule has 0 aliphatic heterocycles. The summed E-state index contributed by atoms with van der Waals surface area (Å²) in [6.07, 6.45) is 4.93. The lowest BCUT2D eigenvalue weighted by molar-refractivity contribution is 0.112. The molecule has 0 radical (unpaired) electrons. The number of aromatic nitrogens is 2. The van der Waals surface area contributed by atoms with Gasteiger partial charge in [0.2, 0.25) is 0 Å². The van der Waals surface area contributed by atoms with Crippen LogP contribution < -0.4 is 0 Å². The number of unbranched alkanes of at least 4 members (excludes halogenated alkanes) is 1. The minimum Gasteiger partial charge on any atom is -0.298 e. The van der Waals surface area contributed by atoms with Crippen molar-refractivity contribution < 1.29 is 4.79 Å². The Bertz CT molecular complexity index is 584. The molecule has 2 aromatic rings. The van der Waals surface area contributed by atoms with Gasteiger partial charge in [0.05, 0.1) is 5.56 Å². The van der Waals surface area contributed by atoms with Gasteiger partial charge >= 0.3 is 0 Å². The Balaban J connectivity index is 2.42. The average molecular weight is 256 g/mol. The topological polar surface area (TPSA) is 34.9 Å². The van der Waals surface area contributed by atoms with Crippen molar-refractivity contribution in [3.63, 3.8) is 0 Å². The van der Waals surface area contributed by atoms with Crippen molar-refractivity contribution in [2.24, 2.45) is 0 Å². The molecule has 1 aromatic heterocycles. The fourth-order valence-electron chi connectivity index (χ4n) is 2.25. The second kappa shape index (κ2) is 5.83. The highest BCUT2D eigenvalue weighted by atomic mass is 16.1. The molecule has 0 bridgehead atoms. The maximum Gasteiger partial charge on any atom is 0.153 e. The molecule has 0 N–H and O–H groups in total. The van der Waals surface area contributed by atoms with Crippen LogP contribution in [0.3, 0.4) is 0 Å². The third kappa shape index (κ3) is 2.92. The van der Waals surface area contributed by atoms with E-state index in [1.807, 2.05) is 16.9 Å². The van der Waals surface area contributed by atoms with Gasteiger partial charge in [-0.05, 0) is 25.8 Å². The van der Waals surface area contributed by atoms with Crippen LogP contribution in [-0.4, -0.2) is 16.1 Å². The Hall–Kier alpha value is -1.90. The maximum atomic E-state index is 11.2. The van der Waals surface area contributed by atoms with Crippen LogP contribution in [0.4, 0.5) is 0 Å². The lowest BCUT2D eigenvalue weighted by atomic mass is 10.0.